The second-order valence-electron chi connectivity index (χ2n) is 4.12. The number of hydrogen-bond acceptors (Lipinski definition) is 1. The highest BCUT2D eigenvalue weighted by Crippen LogP contribution is 2.73. The van der Waals surface area contributed by atoms with Gasteiger partial charge in [-0.15, -0.1) is 0 Å². The van der Waals surface area contributed by atoms with Crippen molar-refractivity contribution in [3.8, 4) is 0 Å². The number of quaternary nitrogens is 1. The Kier molecular flexibility index (Phi) is 0.710. The fraction of sp³-hybridized carbons (Fsp3) is 1.00. The number of hydrogen-bond donors (Lipinski definition) is 0. The van der Waals surface area contributed by atoms with Crippen LogP contribution in [0.1, 0.15) is 19.8 Å². The van der Waals surface area contributed by atoms with E-state index in [0.717, 1.165) is 24.8 Å². The molecule has 0 N–H and O–H groups in total. The summed E-state index contributed by atoms with van der Waals surface area (Å²) in [5.41, 5.74) is 0. The molecule has 3 aliphatic rings. The third-order valence-electron chi connectivity index (χ3n) is 3.61. The van der Waals surface area contributed by atoms with Crippen molar-refractivity contribution in [1.29, 1.82) is 0 Å². The topological polar surface area (TPSA) is 23.1 Å². The van der Waals surface area contributed by atoms with E-state index >= 15 is 0 Å². The van der Waals surface area contributed by atoms with Crippen LogP contribution in [0.3, 0.4) is 0 Å². The molecule has 2 nitrogen and oxygen atoms in total. The first kappa shape index (κ1) is 5.56. The molecular formula is C8H13NO. The lowest BCUT2D eigenvalue weighted by molar-refractivity contribution is -0.768. The zero-order valence-corrected chi connectivity index (χ0v) is 6.29. The smallest absolute Gasteiger partial charge is 0.145 e. The van der Waals surface area contributed by atoms with Gasteiger partial charge in [-0.1, -0.05) is 6.92 Å². The maximum Gasteiger partial charge on any atom is 0.145 e. The molecule has 2 heteroatoms. The third-order valence-corrected chi connectivity index (χ3v) is 3.61. The lowest BCUT2D eigenvalue weighted by atomic mass is 10.0. The van der Waals surface area contributed by atoms with Crippen LogP contribution in [0.15, 0.2) is 0 Å². The Hall–Kier alpha value is -0.0800. The van der Waals surface area contributed by atoms with Gasteiger partial charge in [-0.25, -0.2) is 0 Å². The Morgan fingerprint density at radius 1 is 1.40 bits per heavy atom. The van der Waals surface area contributed by atoms with Crippen molar-refractivity contribution in [3.05, 3.63) is 5.21 Å². The van der Waals surface area contributed by atoms with E-state index in [9.17, 15) is 5.21 Å². The van der Waals surface area contributed by atoms with Crippen LogP contribution in [0.2, 0.25) is 0 Å². The summed E-state index contributed by atoms with van der Waals surface area (Å²) in [5, 5.41) is 11.7. The minimum Gasteiger partial charge on any atom is -0.632 e. The molecule has 0 aromatic rings. The van der Waals surface area contributed by atoms with Gasteiger partial charge in [-0.3, -0.25) is 0 Å². The van der Waals surface area contributed by atoms with Crippen LogP contribution in [0.5, 0.6) is 0 Å². The number of piperidine rings is 1. The summed E-state index contributed by atoms with van der Waals surface area (Å²) in [7, 11) is 0. The number of hydroxylamine groups is 3. The minimum atomic E-state index is 0.214. The van der Waals surface area contributed by atoms with E-state index in [1.165, 1.54) is 6.42 Å². The van der Waals surface area contributed by atoms with E-state index in [0.29, 0.717) is 12.1 Å². The molecule has 10 heavy (non-hydrogen) atoms. The highest BCUT2D eigenvalue weighted by Gasteiger charge is 2.85. The Bertz CT molecular complexity index is 178. The van der Waals surface area contributed by atoms with Gasteiger partial charge in [0.1, 0.15) is 12.1 Å². The Labute approximate surface area is 61.0 Å². The average Bonchev–Trinajstić information content (AvgIpc) is 2.52. The summed E-state index contributed by atoms with van der Waals surface area (Å²) >= 11 is 0. The lowest BCUT2D eigenvalue weighted by Crippen LogP contribution is -2.22. The zero-order valence-electron chi connectivity index (χ0n) is 6.29. The van der Waals surface area contributed by atoms with Crippen LogP contribution in [0.25, 0.3) is 0 Å². The number of nitrogens with zero attached hydrogens (tertiary/aromatic N) is 1. The quantitative estimate of drug-likeness (QED) is 0.319. The first-order valence-electron chi connectivity index (χ1n) is 4.37. The van der Waals surface area contributed by atoms with Crippen molar-refractivity contribution in [3.63, 3.8) is 0 Å². The van der Waals surface area contributed by atoms with Gasteiger partial charge in [0.25, 0.3) is 0 Å². The van der Waals surface area contributed by atoms with Gasteiger partial charge in [-0.2, -0.15) is 0 Å². The molecule has 0 radical (unpaired) electrons. The van der Waals surface area contributed by atoms with E-state index < -0.39 is 0 Å². The zero-order chi connectivity index (χ0) is 6.93. The molecule has 0 spiro atoms. The van der Waals surface area contributed by atoms with Crippen molar-refractivity contribution in [2.24, 2.45) is 11.8 Å². The van der Waals surface area contributed by atoms with Crippen molar-refractivity contribution < 1.29 is 4.65 Å². The molecule has 0 bridgehead atoms. The molecule has 4 unspecified atom stereocenters. The monoisotopic (exact) mass is 139 g/mol. The standard InChI is InChI=1S/C8H13NO/c1-2-3-9(10)7-5-4-6(5)8(7)9/h5-8H,2-4H2,1H3. The van der Waals surface area contributed by atoms with E-state index in [-0.39, 0.29) is 4.65 Å². The molecule has 3 fully saturated rings. The minimum absolute atomic E-state index is 0.214. The molecule has 3 rings (SSSR count). The predicted octanol–water partition coefficient (Wildman–Crippen LogP) is 1.11. The van der Waals surface area contributed by atoms with Gasteiger partial charge in [0, 0.05) is 11.8 Å². The molecule has 4 atom stereocenters. The highest BCUT2D eigenvalue weighted by atomic mass is 16.6. The summed E-state index contributed by atoms with van der Waals surface area (Å²) in [6, 6.07) is 1.18. The SMILES string of the molecule is CCC[N+]1([O-])C2C3CC3C21. The molecule has 2 aliphatic carbocycles. The van der Waals surface area contributed by atoms with Crippen molar-refractivity contribution >= 4 is 0 Å². The molecule has 1 saturated heterocycles. The summed E-state index contributed by atoms with van der Waals surface area (Å²) < 4.78 is 0.214. The van der Waals surface area contributed by atoms with Crippen molar-refractivity contribution in [1.82, 2.24) is 0 Å². The van der Waals surface area contributed by atoms with Crippen LogP contribution in [-0.4, -0.2) is 23.3 Å². The second kappa shape index (κ2) is 1.28. The van der Waals surface area contributed by atoms with Crippen LogP contribution in [0.4, 0.5) is 0 Å². The average molecular weight is 139 g/mol. The van der Waals surface area contributed by atoms with Crippen molar-refractivity contribution in [2.75, 3.05) is 6.54 Å². The van der Waals surface area contributed by atoms with Crippen LogP contribution < -0.4 is 0 Å². The largest absolute Gasteiger partial charge is 0.632 e. The molecule has 56 valence electrons. The van der Waals surface area contributed by atoms with Gasteiger partial charge >= 0.3 is 0 Å². The number of rotatable bonds is 2. The van der Waals surface area contributed by atoms with Crippen LogP contribution in [-0.2, 0) is 0 Å². The fourth-order valence-corrected chi connectivity index (χ4v) is 3.09. The van der Waals surface area contributed by atoms with E-state index in [2.05, 4.69) is 6.92 Å². The Balaban J connectivity index is 1.75. The lowest BCUT2D eigenvalue weighted by Gasteiger charge is -2.23. The van der Waals surface area contributed by atoms with Gasteiger partial charge < -0.3 is 9.85 Å². The fourth-order valence-electron chi connectivity index (χ4n) is 3.09. The van der Waals surface area contributed by atoms with Gasteiger partial charge in [0.05, 0.1) is 6.54 Å². The van der Waals surface area contributed by atoms with Crippen LogP contribution in [0, 0.1) is 17.0 Å². The number of fused-ring (bicyclic) bond motifs is 4. The Morgan fingerprint density at radius 3 is 2.50 bits per heavy atom. The number of likely N-dealkylation sites (tertiary alicyclic amines) is 1. The van der Waals surface area contributed by atoms with Crippen molar-refractivity contribution in [2.45, 2.75) is 31.8 Å². The normalized spacial score (nSPS) is 67.8. The predicted molar refractivity (Wildman–Crippen MR) is 38.0 cm³/mol. The van der Waals surface area contributed by atoms with Crippen LogP contribution >= 0.6 is 0 Å². The molecule has 0 aromatic heterocycles. The summed E-state index contributed by atoms with van der Waals surface area (Å²) in [5.74, 6) is 1.77. The molecule has 1 aliphatic heterocycles. The molecular weight excluding hydrogens is 126 g/mol. The maximum atomic E-state index is 11.7. The molecule has 1 heterocycles. The third kappa shape index (κ3) is 0.372. The Morgan fingerprint density at radius 2 is 2.00 bits per heavy atom. The second-order valence-corrected chi connectivity index (χ2v) is 4.12. The first-order chi connectivity index (χ1) is 4.79. The first-order valence-corrected chi connectivity index (χ1v) is 4.37. The molecule has 2 saturated carbocycles. The van der Waals surface area contributed by atoms with E-state index in [4.69, 9.17) is 0 Å². The summed E-state index contributed by atoms with van der Waals surface area (Å²) in [6.07, 6.45) is 2.46. The summed E-state index contributed by atoms with van der Waals surface area (Å²) in [4.78, 5) is 0. The highest BCUT2D eigenvalue weighted by molar-refractivity contribution is 5.21. The van der Waals surface area contributed by atoms with Gasteiger partial charge in [0.15, 0.2) is 0 Å². The molecule has 0 amide bonds. The summed E-state index contributed by atoms with van der Waals surface area (Å²) in [6.45, 7) is 3.00. The van der Waals surface area contributed by atoms with E-state index in [1.54, 1.807) is 0 Å². The maximum absolute atomic E-state index is 11.7. The van der Waals surface area contributed by atoms with E-state index in [1.807, 2.05) is 0 Å². The van der Waals surface area contributed by atoms with Gasteiger partial charge in [-0.05, 0) is 12.8 Å². The van der Waals surface area contributed by atoms with Gasteiger partial charge in [0.2, 0.25) is 0 Å². The molecule has 0 aromatic carbocycles.